The Labute approximate surface area is 118 Å². The fraction of sp³-hybridized carbons (Fsp3) is 0.0769. The van der Waals surface area contributed by atoms with E-state index in [4.69, 9.17) is 5.11 Å². The number of nitrogens with one attached hydrogen (secondary N) is 2. The van der Waals surface area contributed by atoms with Crippen molar-refractivity contribution in [1.82, 2.24) is 15.3 Å². The highest BCUT2D eigenvalue weighted by atomic mass is 19.1. The molecule has 0 atom stereocenters. The Morgan fingerprint density at radius 3 is 2.71 bits per heavy atom. The molecule has 2 rings (SSSR count). The second-order valence-corrected chi connectivity index (χ2v) is 4.01. The van der Waals surface area contributed by atoms with Gasteiger partial charge in [0.1, 0.15) is 12.1 Å². The standard InChI is InChI=1S/C13H11FN4O3/c14-10-5-8(12(19)20)1-2-11(10)18-13(21)16-6-9-3-4-15-7-17-9/h1-5,7H,6H2,(H,19,20)(H2,16,18,21). The average molecular weight is 290 g/mol. The number of carboxylic acids is 1. The van der Waals surface area contributed by atoms with Crippen LogP contribution >= 0.6 is 0 Å². The van der Waals surface area contributed by atoms with Gasteiger partial charge in [0.05, 0.1) is 23.5 Å². The molecule has 1 heterocycles. The molecular formula is C13H11FN4O3. The van der Waals surface area contributed by atoms with E-state index in [2.05, 4.69) is 20.6 Å². The molecule has 2 amide bonds. The molecule has 0 bridgehead atoms. The summed E-state index contributed by atoms with van der Waals surface area (Å²) in [4.78, 5) is 29.9. The van der Waals surface area contributed by atoms with E-state index in [0.29, 0.717) is 5.69 Å². The van der Waals surface area contributed by atoms with Gasteiger partial charge in [-0.2, -0.15) is 0 Å². The van der Waals surface area contributed by atoms with Crippen molar-refractivity contribution in [3.05, 3.63) is 53.9 Å². The average Bonchev–Trinajstić information content (AvgIpc) is 2.48. The Bertz CT molecular complexity index is 664. The first kappa shape index (κ1) is 14.4. The number of rotatable bonds is 4. The Morgan fingerprint density at radius 2 is 2.10 bits per heavy atom. The number of benzene rings is 1. The fourth-order valence-electron chi connectivity index (χ4n) is 1.51. The lowest BCUT2D eigenvalue weighted by Gasteiger charge is -2.08. The second-order valence-electron chi connectivity index (χ2n) is 4.01. The molecule has 1 aromatic carbocycles. The number of hydrogen-bond acceptors (Lipinski definition) is 4. The molecule has 0 fully saturated rings. The van der Waals surface area contributed by atoms with Crippen LogP contribution in [-0.2, 0) is 6.54 Å². The number of halogens is 1. The predicted molar refractivity (Wildman–Crippen MR) is 71.2 cm³/mol. The number of anilines is 1. The van der Waals surface area contributed by atoms with E-state index in [-0.39, 0.29) is 17.8 Å². The van der Waals surface area contributed by atoms with Crippen molar-refractivity contribution in [2.75, 3.05) is 5.32 Å². The molecule has 21 heavy (non-hydrogen) atoms. The largest absolute Gasteiger partial charge is 0.478 e. The van der Waals surface area contributed by atoms with Crippen molar-refractivity contribution in [2.24, 2.45) is 0 Å². The van der Waals surface area contributed by atoms with Crippen molar-refractivity contribution >= 4 is 17.7 Å². The van der Waals surface area contributed by atoms with E-state index in [9.17, 15) is 14.0 Å². The Morgan fingerprint density at radius 1 is 1.29 bits per heavy atom. The zero-order chi connectivity index (χ0) is 15.2. The summed E-state index contributed by atoms with van der Waals surface area (Å²) in [6.07, 6.45) is 2.88. The third-order valence-corrected chi connectivity index (χ3v) is 2.54. The summed E-state index contributed by atoms with van der Waals surface area (Å²) in [5.74, 6) is -2.07. The normalized spacial score (nSPS) is 9.95. The maximum Gasteiger partial charge on any atom is 0.335 e. The number of carbonyl (C=O) groups excluding carboxylic acids is 1. The molecule has 0 radical (unpaired) electrons. The molecule has 0 aliphatic rings. The van der Waals surface area contributed by atoms with E-state index in [0.717, 1.165) is 6.07 Å². The smallest absolute Gasteiger partial charge is 0.335 e. The van der Waals surface area contributed by atoms with E-state index in [1.54, 1.807) is 6.07 Å². The van der Waals surface area contributed by atoms with Gasteiger partial charge in [-0.15, -0.1) is 0 Å². The Balaban J connectivity index is 1.95. The van der Waals surface area contributed by atoms with Crippen LogP contribution in [0.5, 0.6) is 0 Å². The number of nitrogens with zero attached hydrogens (tertiary/aromatic N) is 2. The van der Waals surface area contributed by atoms with Crippen LogP contribution < -0.4 is 10.6 Å². The lowest BCUT2D eigenvalue weighted by atomic mass is 10.2. The molecule has 0 saturated heterocycles. The third kappa shape index (κ3) is 3.96. The van der Waals surface area contributed by atoms with Crippen molar-refractivity contribution < 1.29 is 19.1 Å². The summed E-state index contributed by atoms with van der Waals surface area (Å²) in [5.41, 5.74) is 0.293. The lowest BCUT2D eigenvalue weighted by molar-refractivity contribution is 0.0696. The van der Waals surface area contributed by atoms with E-state index < -0.39 is 17.8 Å². The van der Waals surface area contributed by atoms with Crippen molar-refractivity contribution in [3.63, 3.8) is 0 Å². The van der Waals surface area contributed by atoms with Crippen LogP contribution in [0, 0.1) is 5.82 Å². The van der Waals surface area contributed by atoms with Crippen molar-refractivity contribution in [3.8, 4) is 0 Å². The Hall–Kier alpha value is -3.03. The summed E-state index contributed by atoms with van der Waals surface area (Å²) in [7, 11) is 0. The van der Waals surface area contributed by atoms with Crippen LogP contribution in [0.3, 0.4) is 0 Å². The molecule has 0 spiro atoms. The van der Waals surface area contributed by atoms with Gasteiger partial charge in [-0.05, 0) is 24.3 Å². The minimum atomic E-state index is -1.24. The summed E-state index contributed by atoms with van der Waals surface area (Å²) in [6.45, 7) is 0.156. The monoisotopic (exact) mass is 290 g/mol. The third-order valence-electron chi connectivity index (χ3n) is 2.54. The molecule has 3 N–H and O–H groups in total. The van der Waals surface area contributed by atoms with E-state index in [1.165, 1.54) is 24.7 Å². The minimum Gasteiger partial charge on any atom is -0.478 e. The number of carboxylic acid groups (broad SMARTS) is 1. The minimum absolute atomic E-state index is 0.111. The van der Waals surface area contributed by atoms with E-state index >= 15 is 0 Å². The summed E-state index contributed by atoms with van der Waals surface area (Å²) < 4.78 is 13.6. The first-order chi connectivity index (χ1) is 10.1. The van der Waals surface area contributed by atoms with Gasteiger partial charge in [-0.1, -0.05) is 0 Å². The number of carbonyl (C=O) groups is 2. The van der Waals surface area contributed by atoms with Crippen LogP contribution in [0.15, 0.2) is 36.8 Å². The van der Waals surface area contributed by atoms with Crippen LogP contribution in [0.2, 0.25) is 0 Å². The van der Waals surface area contributed by atoms with Crippen LogP contribution in [0.25, 0.3) is 0 Å². The molecular weight excluding hydrogens is 279 g/mol. The number of amides is 2. The van der Waals surface area contributed by atoms with Gasteiger partial charge in [0.15, 0.2) is 0 Å². The molecule has 0 unspecified atom stereocenters. The molecule has 8 heteroatoms. The highest BCUT2D eigenvalue weighted by Gasteiger charge is 2.10. The molecule has 1 aromatic heterocycles. The number of aromatic nitrogens is 2. The van der Waals surface area contributed by atoms with Gasteiger partial charge in [-0.3, -0.25) is 0 Å². The van der Waals surface area contributed by atoms with E-state index in [1.807, 2.05) is 0 Å². The van der Waals surface area contributed by atoms with Crippen LogP contribution in [-0.4, -0.2) is 27.1 Å². The molecule has 7 nitrogen and oxygen atoms in total. The molecule has 0 aliphatic heterocycles. The van der Waals surface area contributed by atoms with Gasteiger partial charge in [-0.25, -0.2) is 23.9 Å². The SMILES string of the molecule is O=C(NCc1ccncn1)Nc1ccc(C(=O)O)cc1F. The topological polar surface area (TPSA) is 104 Å². The maximum absolute atomic E-state index is 13.6. The van der Waals surface area contributed by atoms with Gasteiger partial charge in [0, 0.05) is 6.20 Å². The summed E-state index contributed by atoms with van der Waals surface area (Å²) in [6, 6.07) is 4.22. The van der Waals surface area contributed by atoms with Gasteiger partial charge in [0.25, 0.3) is 0 Å². The van der Waals surface area contributed by atoms with Gasteiger partial charge in [0.2, 0.25) is 0 Å². The molecule has 108 valence electrons. The number of hydrogen-bond donors (Lipinski definition) is 3. The Kier molecular flexibility index (Phi) is 4.39. The maximum atomic E-state index is 13.6. The zero-order valence-corrected chi connectivity index (χ0v) is 10.7. The van der Waals surface area contributed by atoms with Gasteiger partial charge < -0.3 is 15.7 Å². The second kappa shape index (κ2) is 6.42. The first-order valence-electron chi connectivity index (χ1n) is 5.89. The molecule has 2 aromatic rings. The van der Waals surface area contributed by atoms with Crippen LogP contribution in [0.4, 0.5) is 14.9 Å². The van der Waals surface area contributed by atoms with Crippen molar-refractivity contribution in [2.45, 2.75) is 6.54 Å². The highest BCUT2D eigenvalue weighted by Crippen LogP contribution is 2.15. The van der Waals surface area contributed by atoms with Gasteiger partial charge >= 0.3 is 12.0 Å². The zero-order valence-electron chi connectivity index (χ0n) is 10.7. The number of urea groups is 1. The molecule has 0 aliphatic carbocycles. The lowest BCUT2D eigenvalue weighted by Crippen LogP contribution is -2.28. The fourth-order valence-corrected chi connectivity index (χ4v) is 1.51. The summed E-state index contributed by atoms with van der Waals surface area (Å²) in [5, 5.41) is 13.5. The van der Waals surface area contributed by atoms with Crippen LogP contribution in [0.1, 0.15) is 16.1 Å². The highest BCUT2D eigenvalue weighted by molar-refractivity contribution is 5.91. The number of aromatic carboxylic acids is 1. The predicted octanol–water partition coefficient (Wildman–Crippen LogP) is 1.64. The summed E-state index contributed by atoms with van der Waals surface area (Å²) >= 11 is 0. The quantitative estimate of drug-likeness (QED) is 0.794. The first-order valence-corrected chi connectivity index (χ1v) is 5.89. The van der Waals surface area contributed by atoms with Crippen molar-refractivity contribution in [1.29, 1.82) is 0 Å². The molecule has 0 saturated carbocycles.